The maximum absolute atomic E-state index is 12.1. The molecule has 5 nitrogen and oxygen atoms in total. The predicted molar refractivity (Wildman–Crippen MR) is 70.9 cm³/mol. The molecule has 2 aliphatic rings. The van der Waals surface area contributed by atoms with E-state index in [-0.39, 0.29) is 12.1 Å². The van der Waals surface area contributed by atoms with E-state index in [2.05, 4.69) is 5.32 Å². The van der Waals surface area contributed by atoms with Gasteiger partial charge in [-0.1, -0.05) is 0 Å². The number of carboxylic acids is 1. The molecule has 0 aromatic rings. The minimum absolute atomic E-state index is 0.199. The highest BCUT2D eigenvalue weighted by atomic mass is 32.2. The van der Waals surface area contributed by atoms with E-state index in [1.807, 2.05) is 11.8 Å². The Labute approximate surface area is 111 Å². The molecule has 0 bridgehead atoms. The van der Waals surface area contributed by atoms with Crippen molar-refractivity contribution in [1.82, 2.24) is 10.2 Å². The van der Waals surface area contributed by atoms with Gasteiger partial charge < -0.3 is 15.3 Å². The number of hydrogen-bond donors (Lipinski definition) is 2. The first-order valence-corrected chi connectivity index (χ1v) is 7.71. The summed E-state index contributed by atoms with van der Waals surface area (Å²) < 4.78 is 0. The first kappa shape index (κ1) is 13.5. The van der Waals surface area contributed by atoms with Crippen LogP contribution in [0.15, 0.2) is 0 Å². The van der Waals surface area contributed by atoms with Crippen LogP contribution >= 0.6 is 11.8 Å². The minimum atomic E-state index is -0.886. The first-order valence-electron chi connectivity index (χ1n) is 6.56. The number of carbonyl (C=O) groups excluding carboxylic acids is 1. The Bertz CT molecular complexity index is 318. The van der Waals surface area contributed by atoms with Gasteiger partial charge in [0.2, 0.25) is 0 Å². The van der Waals surface area contributed by atoms with Crippen LogP contribution in [-0.4, -0.2) is 52.1 Å². The van der Waals surface area contributed by atoms with Gasteiger partial charge in [-0.25, -0.2) is 9.59 Å². The van der Waals surface area contributed by atoms with Crippen LogP contribution in [0.2, 0.25) is 0 Å². The minimum Gasteiger partial charge on any atom is -0.480 e. The molecule has 2 amide bonds. The van der Waals surface area contributed by atoms with Gasteiger partial charge in [-0.3, -0.25) is 0 Å². The van der Waals surface area contributed by atoms with Crippen molar-refractivity contribution >= 4 is 23.8 Å². The third-order valence-electron chi connectivity index (χ3n) is 3.54. The van der Waals surface area contributed by atoms with Crippen LogP contribution in [0.3, 0.4) is 0 Å². The number of rotatable bonds is 2. The van der Waals surface area contributed by atoms with Crippen molar-refractivity contribution in [1.29, 1.82) is 0 Å². The molecule has 2 aliphatic heterocycles. The van der Waals surface area contributed by atoms with Gasteiger partial charge in [0.05, 0.1) is 0 Å². The van der Waals surface area contributed by atoms with Crippen LogP contribution in [0.1, 0.15) is 32.1 Å². The van der Waals surface area contributed by atoms with E-state index >= 15 is 0 Å². The van der Waals surface area contributed by atoms with Gasteiger partial charge in [0.1, 0.15) is 6.04 Å². The highest BCUT2D eigenvalue weighted by Gasteiger charge is 2.32. The predicted octanol–water partition coefficient (Wildman–Crippen LogP) is 1.53. The number of urea groups is 1. The normalized spacial score (nSPS) is 28.8. The van der Waals surface area contributed by atoms with Gasteiger partial charge in [-0.15, -0.1) is 0 Å². The molecular weight excluding hydrogens is 252 g/mol. The molecule has 0 aromatic carbocycles. The summed E-state index contributed by atoms with van der Waals surface area (Å²) in [5.74, 6) is 1.22. The second-order valence-electron chi connectivity index (χ2n) is 4.91. The van der Waals surface area contributed by atoms with Crippen LogP contribution < -0.4 is 5.32 Å². The third-order valence-corrected chi connectivity index (χ3v) is 4.75. The van der Waals surface area contributed by atoms with E-state index < -0.39 is 12.0 Å². The summed E-state index contributed by atoms with van der Waals surface area (Å²) in [5, 5.41) is 12.1. The average Bonchev–Trinajstić information content (AvgIpc) is 2.40. The topological polar surface area (TPSA) is 69.6 Å². The van der Waals surface area contributed by atoms with Gasteiger partial charge in [0.15, 0.2) is 0 Å². The maximum Gasteiger partial charge on any atom is 0.326 e. The smallest absolute Gasteiger partial charge is 0.326 e. The molecule has 2 fully saturated rings. The molecule has 2 saturated heterocycles. The second kappa shape index (κ2) is 6.31. The lowest BCUT2D eigenvalue weighted by molar-refractivity contribution is -0.143. The fraction of sp³-hybridized carbons (Fsp3) is 0.833. The first-order chi connectivity index (χ1) is 8.68. The van der Waals surface area contributed by atoms with Crippen molar-refractivity contribution in [3.05, 3.63) is 0 Å². The average molecular weight is 272 g/mol. The summed E-state index contributed by atoms with van der Waals surface area (Å²) in [5.41, 5.74) is 0. The van der Waals surface area contributed by atoms with Crippen LogP contribution in [0, 0.1) is 0 Å². The van der Waals surface area contributed by atoms with E-state index in [0.29, 0.717) is 13.0 Å². The number of carbonyl (C=O) groups is 2. The van der Waals surface area contributed by atoms with E-state index in [1.54, 1.807) is 0 Å². The summed E-state index contributed by atoms with van der Waals surface area (Å²) in [6.45, 7) is 0.558. The van der Waals surface area contributed by atoms with Crippen molar-refractivity contribution in [3.63, 3.8) is 0 Å². The molecule has 18 heavy (non-hydrogen) atoms. The van der Waals surface area contributed by atoms with Crippen LogP contribution in [-0.2, 0) is 4.79 Å². The SMILES string of the molecule is O=C(O)C1CCCCN1C(=O)NC1CCCSC1. The van der Waals surface area contributed by atoms with Crippen molar-refractivity contribution in [2.24, 2.45) is 0 Å². The Morgan fingerprint density at radius 3 is 2.72 bits per heavy atom. The monoisotopic (exact) mass is 272 g/mol. The molecule has 0 aromatic heterocycles. The molecule has 2 atom stereocenters. The standard InChI is InChI=1S/C12H20N2O3S/c15-11(16)10-5-1-2-6-14(10)12(17)13-9-4-3-7-18-8-9/h9-10H,1-8H2,(H,13,17)(H,15,16). The van der Waals surface area contributed by atoms with E-state index in [9.17, 15) is 9.59 Å². The molecule has 0 aliphatic carbocycles. The largest absolute Gasteiger partial charge is 0.480 e. The van der Waals surface area contributed by atoms with Gasteiger partial charge in [-0.2, -0.15) is 11.8 Å². The number of nitrogens with one attached hydrogen (secondary N) is 1. The van der Waals surface area contributed by atoms with E-state index in [1.165, 1.54) is 4.90 Å². The summed E-state index contributed by atoms with van der Waals surface area (Å²) >= 11 is 1.85. The lowest BCUT2D eigenvalue weighted by Gasteiger charge is -2.34. The number of amides is 2. The Kier molecular flexibility index (Phi) is 4.74. The number of aliphatic carboxylic acids is 1. The quantitative estimate of drug-likeness (QED) is 0.800. The van der Waals surface area contributed by atoms with Crippen molar-refractivity contribution in [3.8, 4) is 0 Å². The van der Waals surface area contributed by atoms with Gasteiger partial charge in [0, 0.05) is 18.3 Å². The molecule has 2 unspecified atom stereocenters. The number of likely N-dealkylation sites (tertiary alicyclic amines) is 1. The summed E-state index contributed by atoms with van der Waals surface area (Å²) in [7, 11) is 0. The summed E-state index contributed by atoms with van der Waals surface area (Å²) in [6.07, 6.45) is 4.49. The second-order valence-corrected chi connectivity index (χ2v) is 6.06. The molecule has 6 heteroatoms. The highest BCUT2D eigenvalue weighted by molar-refractivity contribution is 7.99. The van der Waals surface area contributed by atoms with E-state index in [0.717, 1.165) is 37.2 Å². The Morgan fingerprint density at radius 1 is 1.22 bits per heavy atom. The Balaban J connectivity index is 1.91. The maximum atomic E-state index is 12.1. The zero-order valence-electron chi connectivity index (χ0n) is 10.4. The zero-order chi connectivity index (χ0) is 13.0. The zero-order valence-corrected chi connectivity index (χ0v) is 11.2. The lowest BCUT2D eigenvalue weighted by Crippen LogP contribution is -2.54. The highest BCUT2D eigenvalue weighted by Crippen LogP contribution is 2.20. The molecule has 0 radical (unpaired) electrons. The lowest BCUT2D eigenvalue weighted by atomic mass is 10.0. The number of carboxylic acid groups (broad SMARTS) is 1. The van der Waals surface area contributed by atoms with Crippen LogP contribution in [0.25, 0.3) is 0 Å². The molecule has 2 N–H and O–H groups in total. The summed E-state index contributed by atoms with van der Waals surface area (Å²) in [4.78, 5) is 24.8. The number of nitrogens with zero attached hydrogens (tertiary/aromatic N) is 1. The number of piperidine rings is 1. The fourth-order valence-corrected chi connectivity index (χ4v) is 3.62. The molecule has 0 spiro atoms. The van der Waals surface area contributed by atoms with Gasteiger partial charge in [-0.05, 0) is 37.9 Å². The van der Waals surface area contributed by atoms with Gasteiger partial charge >= 0.3 is 12.0 Å². The molecule has 2 rings (SSSR count). The molecule has 102 valence electrons. The summed E-state index contributed by atoms with van der Waals surface area (Å²) in [6, 6.07) is -0.641. The molecule has 0 saturated carbocycles. The van der Waals surface area contributed by atoms with Gasteiger partial charge in [0.25, 0.3) is 0 Å². The van der Waals surface area contributed by atoms with Crippen LogP contribution in [0.4, 0.5) is 4.79 Å². The molecular formula is C12H20N2O3S. The number of hydrogen-bond acceptors (Lipinski definition) is 3. The van der Waals surface area contributed by atoms with Crippen LogP contribution in [0.5, 0.6) is 0 Å². The Morgan fingerprint density at radius 2 is 2.06 bits per heavy atom. The molecule has 2 heterocycles. The van der Waals surface area contributed by atoms with Crippen molar-refractivity contribution in [2.45, 2.75) is 44.2 Å². The van der Waals surface area contributed by atoms with E-state index in [4.69, 9.17) is 5.11 Å². The fourth-order valence-electron chi connectivity index (χ4n) is 2.54. The number of thioether (sulfide) groups is 1. The van der Waals surface area contributed by atoms with Crippen molar-refractivity contribution < 1.29 is 14.7 Å². The van der Waals surface area contributed by atoms with Crippen molar-refractivity contribution in [2.75, 3.05) is 18.1 Å². The Hall–Kier alpha value is -0.910. The third kappa shape index (κ3) is 3.31.